The molecule has 25 heavy (non-hydrogen) atoms. The van der Waals surface area contributed by atoms with E-state index in [2.05, 4.69) is 10.3 Å². The lowest BCUT2D eigenvalue weighted by Gasteiger charge is -2.38. The van der Waals surface area contributed by atoms with Crippen molar-refractivity contribution < 1.29 is 18.3 Å². The highest BCUT2D eigenvalue weighted by atomic mass is 32.2. The summed E-state index contributed by atoms with van der Waals surface area (Å²) < 4.78 is 23.4. The molecule has 1 aliphatic carbocycles. The molecule has 6 nitrogen and oxygen atoms in total. The van der Waals surface area contributed by atoms with Gasteiger partial charge in [-0.25, -0.2) is 8.42 Å². The van der Waals surface area contributed by atoms with Crippen LogP contribution in [-0.2, 0) is 14.6 Å². The number of fused-ring (bicyclic) bond motifs is 1. The quantitative estimate of drug-likeness (QED) is 0.814. The highest BCUT2D eigenvalue weighted by Crippen LogP contribution is 2.38. The number of nitrogens with one attached hydrogen (secondary N) is 1. The molecule has 3 rings (SSSR count). The molecule has 0 aliphatic heterocycles. The van der Waals surface area contributed by atoms with Crippen LogP contribution < -0.4 is 5.32 Å². The van der Waals surface area contributed by atoms with Crippen molar-refractivity contribution in [2.75, 3.05) is 11.5 Å². The molecule has 0 bridgehead atoms. The fraction of sp³-hybridized carbons (Fsp3) is 0.444. The number of aliphatic hydroxyl groups excluding tert-OH is 1. The summed E-state index contributed by atoms with van der Waals surface area (Å²) in [4.78, 5) is 16.6. The number of benzene rings is 1. The Morgan fingerprint density at radius 1 is 1.36 bits per heavy atom. The number of rotatable bonds is 6. The summed E-state index contributed by atoms with van der Waals surface area (Å²) in [5.41, 5.74) is 1.69. The fourth-order valence-corrected chi connectivity index (χ4v) is 3.84. The van der Waals surface area contributed by atoms with E-state index in [1.54, 1.807) is 6.20 Å². The molecule has 1 heterocycles. The van der Waals surface area contributed by atoms with Crippen LogP contribution in [0, 0.1) is 5.92 Å². The summed E-state index contributed by atoms with van der Waals surface area (Å²) in [6.45, 7) is 1.52. The molecular formula is C18H22N2O4S. The zero-order chi connectivity index (χ0) is 18.0. The molecule has 2 N–H and O–H groups in total. The highest BCUT2D eigenvalue weighted by Gasteiger charge is 2.36. The van der Waals surface area contributed by atoms with E-state index >= 15 is 0 Å². The third-order valence-corrected chi connectivity index (χ3v) is 6.28. The van der Waals surface area contributed by atoms with Gasteiger partial charge < -0.3 is 10.4 Å². The molecule has 0 saturated heterocycles. The van der Waals surface area contributed by atoms with Gasteiger partial charge in [-0.2, -0.15) is 0 Å². The number of hydrogen-bond donors (Lipinski definition) is 2. The minimum absolute atomic E-state index is 0.0647. The van der Waals surface area contributed by atoms with E-state index in [1.165, 1.54) is 6.92 Å². The summed E-state index contributed by atoms with van der Waals surface area (Å²) >= 11 is 0. The average molecular weight is 362 g/mol. The van der Waals surface area contributed by atoms with Crippen LogP contribution in [0.3, 0.4) is 0 Å². The lowest BCUT2D eigenvalue weighted by Crippen LogP contribution is -2.43. The van der Waals surface area contributed by atoms with Crippen molar-refractivity contribution >= 4 is 26.6 Å². The second kappa shape index (κ2) is 7.09. The van der Waals surface area contributed by atoms with Gasteiger partial charge in [0.2, 0.25) is 5.91 Å². The van der Waals surface area contributed by atoms with Crippen molar-refractivity contribution in [3.05, 3.63) is 42.1 Å². The molecule has 1 saturated carbocycles. The molecule has 1 atom stereocenters. The molecule has 134 valence electrons. The summed E-state index contributed by atoms with van der Waals surface area (Å²) in [7, 11) is -3.38. The van der Waals surface area contributed by atoms with Gasteiger partial charge in [0.05, 0.1) is 17.7 Å². The monoisotopic (exact) mass is 362 g/mol. The molecule has 0 radical (unpaired) electrons. The molecule has 1 aliphatic rings. The average Bonchev–Trinajstić information content (AvgIpc) is 2.56. The van der Waals surface area contributed by atoms with Crippen LogP contribution in [-0.4, -0.2) is 42.0 Å². The van der Waals surface area contributed by atoms with Crippen molar-refractivity contribution in [2.24, 2.45) is 5.92 Å². The van der Waals surface area contributed by atoms with Crippen LogP contribution in [0.1, 0.15) is 31.4 Å². The number of aliphatic hydroxyl groups is 1. The molecule has 0 spiro atoms. The zero-order valence-electron chi connectivity index (χ0n) is 14.1. The number of hydrogen-bond acceptors (Lipinski definition) is 5. The Balaban J connectivity index is 1.85. The standard InChI is InChI=1S/C18H22N2O4S/c1-2-25(23,24)11-17(22)20-18(13-8-15(21)9-13)14-7-12-5-3-4-6-16(12)19-10-14/h3-7,10,13,15,18,21H,2,8-9,11H2,1H3,(H,20,22)/t13?,15?,18-/m1/s1. The third kappa shape index (κ3) is 4.16. The summed E-state index contributed by atoms with van der Waals surface area (Å²) in [6, 6.07) is 9.30. The number of para-hydroxylation sites is 1. The fourth-order valence-electron chi connectivity index (χ4n) is 3.15. The molecule has 1 amide bonds. The summed E-state index contributed by atoms with van der Waals surface area (Å²) in [5, 5.41) is 13.4. The number of sulfone groups is 1. The van der Waals surface area contributed by atoms with Gasteiger partial charge in [-0.1, -0.05) is 25.1 Å². The second-order valence-electron chi connectivity index (χ2n) is 6.57. The lowest BCUT2D eigenvalue weighted by molar-refractivity contribution is -0.120. The first-order valence-electron chi connectivity index (χ1n) is 8.40. The highest BCUT2D eigenvalue weighted by molar-refractivity contribution is 7.92. The van der Waals surface area contributed by atoms with Crippen LogP contribution in [0.2, 0.25) is 0 Å². The molecule has 0 unspecified atom stereocenters. The SMILES string of the molecule is CCS(=O)(=O)CC(=O)N[C@@H](c1cnc2ccccc2c1)C1CC(O)C1. The number of carbonyl (C=O) groups excluding carboxylic acids is 1. The lowest BCUT2D eigenvalue weighted by atomic mass is 9.75. The molecule has 2 aromatic rings. The van der Waals surface area contributed by atoms with Gasteiger partial charge in [-0.05, 0) is 36.5 Å². The van der Waals surface area contributed by atoms with Gasteiger partial charge in [0.15, 0.2) is 9.84 Å². The molecular weight excluding hydrogens is 340 g/mol. The first-order valence-corrected chi connectivity index (χ1v) is 10.2. The number of amides is 1. The van der Waals surface area contributed by atoms with Crippen LogP contribution in [0.25, 0.3) is 10.9 Å². The smallest absolute Gasteiger partial charge is 0.235 e. The van der Waals surface area contributed by atoms with Crippen LogP contribution >= 0.6 is 0 Å². The molecule has 1 aromatic heterocycles. The Bertz CT molecular complexity index is 876. The van der Waals surface area contributed by atoms with E-state index in [-0.39, 0.29) is 23.8 Å². The third-order valence-electron chi connectivity index (χ3n) is 4.70. The zero-order valence-corrected chi connectivity index (χ0v) is 14.9. The maximum atomic E-state index is 12.2. The first-order chi connectivity index (χ1) is 11.9. The molecule has 1 fully saturated rings. The van der Waals surface area contributed by atoms with Gasteiger partial charge in [0.1, 0.15) is 5.75 Å². The van der Waals surface area contributed by atoms with Gasteiger partial charge in [0.25, 0.3) is 0 Å². The van der Waals surface area contributed by atoms with Crippen LogP contribution in [0.5, 0.6) is 0 Å². The van der Waals surface area contributed by atoms with E-state index in [4.69, 9.17) is 0 Å². The van der Waals surface area contributed by atoms with Gasteiger partial charge in [0, 0.05) is 17.3 Å². The molecule has 7 heteroatoms. The largest absolute Gasteiger partial charge is 0.393 e. The first kappa shape index (κ1) is 17.8. The topological polar surface area (TPSA) is 96.4 Å². The maximum Gasteiger partial charge on any atom is 0.235 e. The minimum atomic E-state index is -3.38. The number of nitrogens with zero attached hydrogens (tertiary/aromatic N) is 1. The van der Waals surface area contributed by atoms with E-state index in [0.29, 0.717) is 12.8 Å². The van der Waals surface area contributed by atoms with Crippen molar-refractivity contribution in [3.8, 4) is 0 Å². The summed E-state index contributed by atoms with van der Waals surface area (Å²) in [6.07, 6.45) is 2.51. The Kier molecular flexibility index (Phi) is 5.06. The van der Waals surface area contributed by atoms with Crippen molar-refractivity contribution in [1.29, 1.82) is 0 Å². The predicted octanol–water partition coefficient (Wildman–Crippen LogP) is 1.60. The van der Waals surface area contributed by atoms with Crippen molar-refractivity contribution in [2.45, 2.75) is 31.9 Å². The van der Waals surface area contributed by atoms with E-state index in [9.17, 15) is 18.3 Å². The number of aromatic nitrogens is 1. The summed E-state index contributed by atoms with van der Waals surface area (Å²) in [5.74, 6) is -1.02. The predicted molar refractivity (Wildman–Crippen MR) is 95.7 cm³/mol. The second-order valence-corrected chi connectivity index (χ2v) is 8.92. The number of carbonyl (C=O) groups is 1. The van der Waals surface area contributed by atoms with Gasteiger partial charge in [-0.15, -0.1) is 0 Å². The minimum Gasteiger partial charge on any atom is -0.393 e. The Hall–Kier alpha value is -1.99. The van der Waals surface area contributed by atoms with Crippen LogP contribution in [0.4, 0.5) is 0 Å². The molecule has 1 aromatic carbocycles. The Morgan fingerprint density at radius 3 is 2.76 bits per heavy atom. The van der Waals surface area contributed by atoms with E-state index in [0.717, 1.165) is 16.5 Å². The van der Waals surface area contributed by atoms with Gasteiger partial charge >= 0.3 is 0 Å². The Labute approximate surface area is 147 Å². The van der Waals surface area contributed by atoms with Crippen molar-refractivity contribution in [1.82, 2.24) is 10.3 Å². The Morgan fingerprint density at radius 2 is 2.08 bits per heavy atom. The van der Waals surface area contributed by atoms with Crippen molar-refractivity contribution in [3.63, 3.8) is 0 Å². The van der Waals surface area contributed by atoms with E-state index < -0.39 is 21.5 Å². The van der Waals surface area contributed by atoms with Gasteiger partial charge in [-0.3, -0.25) is 9.78 Å². The van der Waals surface area contributed by atoms with E-state index in [1.807, 2.05) is 30.3 Å². The van der Waals surface area contributed by atoms with Crippen LogP contribution in [0.15, 0.2) is 36.5 Å². The normalized spacial score (nSPS) is 21.5. The number of pyridine rings is 1. The maximum absolute atomic E-state index is 12.2.